The lowest BCUT2D eigenvalue weighted by Crippen LogP contribution is -2.66. The van der Waals surface area contributed by atoms with Crippen LogP contribution in [0.3, 0.4) is 0 Å². The van der Waals surface area contributed by atoms with E-state index in [4.69, 9.17) is 14.2 Å². The molecule has 11 heteroatoms. The molecule has 214 valence electrons. The van der Waals surface area contributed by atoms with Gasteiger partial charge in [0, 0.05) is 24.2 Å². The van der Waals surface area contributed by atoms with E-state index in [1.54, 1.807) is 13.8 Å². The molecular formula is C28H35F3N2O6. The summed E-state index contributed by atoms with van der Waals surface area (Å²) in [5.41, 5.74) is -4.99. The van der Waals surface area contributed by atoms with E-state index in [1.807, 2.05) is 5.32 Å². The third-order valence-corrected chi connectivity index (χ3v) is 7.94. The highest BCUT2D eigenvalue weighted by atomic mass is 19.4. The zero-order chi connectivity index (χ0) is 28.8. The van der Waals surface area contributed by atoms with Crippen LogP contribution in [0, 0.1) is 11.3 Å². The van der Waals surface area contributed by atoms with E-state index in [1.165, 1.54) is 33.5 Å². The molecule has 2 amide bonds. The van der Waals surface area contributed by atoms with Crippen molar-refractivity contribution in [2.24, 2.45) is 11.3 Å². The van der Waals surface area contributed by atoms with E-state index in [9.17, 15) is 14.4 Å². The van der Waals surface area contributed by atoms with Crippen molar-refractivity contribution in [2.75, 3.05) is 27.9 Å². The van der Waals surface area contributed by atoms with Crippen molar-refractivity contribution in [3.63, 3.8) is 0 Å². The number of alkyl halides is 3. The number of nitrogens with one attached hydrogen (secondary N) is 1. The number of amides is 2. The number of carbonyl (C=O) groups excluding carboxylic acids is 3. The minimum atomic E-state index is -5.28. The fraction of sp³-hybridized carbons (Fsp3) is 0.607. The van der Waals surface area contributed by atoms with Crippen LogP contribution in [0.5, 0.6) is 17.2 Å². The van der Waals surface area contributed by atoms with Crippen molar-refractivity contribution in [2.45, 2.75) is 70.5 Å². The molecule has 0 spiro atoms. The third-order valence-electron chi connectivity index (χ3n) is 7.94. The number of hydrogen-bond acceptors (Lipinski definition) is 6. The van der Waals surface area contributed by atoms with Gasteiger partial charge in [-0.25, -0.2) is 0 Å². The first-order valence-corrected chi connectivity index (χ1v) is 13.1. The van der Waals surface area contributed by atoms with E-state index in [-0.39, 0.29) is 53.8 Å². The van der Waals surface area contributed by atoms with Gasteiger partial charge in [-0.1, -0.05) is 33.1 Å². The van der Waals surface area contributed by atoms with Crippen LogP contribution in [0.15, 0.2) is 23.4 Å². The second-order valence-electron chi connectivity index (χ2n) is 11.3. The SMILES string of the molecule is COc1cc(C(=O)NC2(C(F)(F)F)C(=O)N(CC3CCCCC3)C3=C2C(=O)CC(C)(C)C3)cc(OC)c1OC. The fourth-order valence-electron chi connectivity index (χ4n) is 6.10. The topological polar surface area (TPSA) is 94.2 Å². The Morgan fingerprint density at radius 3 is 2.10 bits per heavy atom. The molecule has 1 aliphatic heterocycles. The number of allylic oxidation sites excluding steroid dienone is 1. The molecule has 1 aromatic rings. The molecule has 39 heavy (non-hydrogen) atoms. The summed E-state index contributed by atoms with van der Waals surface area (Å²) in [6, 6.07) is 2.39. The molecular weight excluding hydrogens is 517 g/mol. The molecule has 1 unspecified atom stereocenters. The van der Waals surface area contributed by atoms with Crippen molar-refractivity contribution in [3.8, 4) is 17.2 Å². The highest BCUT2D eigenvalue weighted by molar-refractivity contribution is 6.14. The normalized spacial score (nSPS) is 23.5. The molecule has 1 heterocycles. The second kappa shape index (κ2) is 10.4. The van der Waals surface area contributed by atoms with Gasteiger partial charge in [0.2, 0.25) is 11.3 Å². The van der Waals surface area contributed by atoms with Crippen LogP contribution in [-0.4, -0.2) is 62.1 Å². The van der Waals surface area contributed by atoms with Gasteiger partial charge in [0.05, 0.1) is 26.9 Å². The first-order chi connectivity index (χ1) is 18.3. The molecule has 1 aromatic carbocycles. The summed E-state index contributed by atoms with van der Waals surface area (Å²) in [4.78, 5) is 41.9. The average Bonchev–Trinajstić information content (AvgIpc) is 3.10. The Bertz CT molecular complexity index is 1180. The maximum Gasteiger partial charge on any atom is 0.425 e. The highest BCUT2D eigenvalue weighted by Gasteiger charge is 2.71. The number of benzene rings is 1. The number of ether oxygens (including phenoxy) is 3. The Morgan fingerprint density at radius 2 is 1.59 bits per heavy atom. The van der Waals surface area contributed by atoms with Gasteiger partial charge in [-0.05, 0) is 42.7 Å². The van der Waals surface area contributed by atoms with Crippen LogP contribution >= 0.6 is 0 Å². The summed E-state index contributed by atoms with van der Waals surface area (Å²) in [5.74, 6) is -3.06. The molecule has 1 atom stereocenters. The van der Waals surface area contributed by atoms with Gasteiger partial charge in [-0.2, -0.15) is 13.2 Å². The van der Waals surface area contributed by atoms with Gasteiger partial charge in [-0.15, -0.1) is 0 Å². The molecule has 0 radical (unpaired) electrons. The number of methoxy groups -OCH3 is 3. The number of halogens is 3. The molecule has 1 saturated carbocycles. The van der Waals surface area contributed by atoms with Crippen molar-refractivity contribution in [1.29, 1.82) is 0 Å². The van der Waals surface area contributed by atoms with Crippen molar-refractivity contribution in [3.05, 3.63) is 29.0 Å². The van der Waals surface area contributed by atoms with E-state index in [2.05, 4.69) is 0 Å². The zero-order valence-corrected chi connectivity index (χ0v) is 22.9. The van der Waals surface area contributed by atoms with Crippen LogP contribution in [-0.2, 0) is 9.59 Å². The summed E-state index contributed by atoms with van der Waals surface area (Å²) in [6.07, 6.45) is -0.836. The molecule has 0 aromatic heterocycles. The van der Waals surface area contributed by atoms with Gasteiger partial charge >= 0.3 is 6.18 Å². The maximum atomic E-state index is 15.1. The molecule has 0 bridgehead atoms. The van der Waals surface area contributed by atoms with Crippen molar-refractivity contribution < 1.29 is 41.8 Å². The number of hydrogen-bond donors (Lipinski definition) is 1. The Kier molecular flexibility index (Phi) is 7.66. The quantitative estimate of drug-likeness (QED) is 0.522. The second-order valence-corrected chi connectivity index (χ2v) is 11.3. The Balaban J connectivity index is 1.83. The molecule has 2 aliphatic carbocycles. The third kappa shape index (κ3) is 4.96. The first-order valence-electron chi connectivity index (χ1n) is 13.1. The minimum Gasteiger partial charge on any atom is -0.493 e. The lowest BCUT2D eigenvalue weighted by atomic mass is 9.72. The van der Waals surface area contributed by atoms with E-state index < -0.39 is 40.3 Å². The average molecular weight is 553 g/mol. The number of rotatable bonds is 7. The smallest absolute Gasteiger partial charge is 0.425 e. The van der Waals surface area contributed by atoms with E-state index in [0.29, 0.717) is 0 Å². The van der Waals surface area contributed by atoms with Crippen LogP contribution in [0.4, 0.5) is 13.2 Å². The molecule has 0 saturated heterocycles. The fourth-order valence-corrected chi connectivity index (χ4v) is 6.10. The first kappa shape index (κ1) is 28.8. The Morgan fingerprint density at radius 1 is 1.00 bits per heavy atom. The monoisotopic (exact) mass is 552 g/mol. The van der Waals surface area contributed by atoms with Gasteiger partial charge in [-0.3, -0.25) is 14.4 Å². The molecule has 8 nitrogen and oxygen atoms in total. The standard InChI is InChI=1S/C28H35F3N2O6/c1-26(2)13-18-22(19(34)14-26)27(28(29,30)31,25(36)33(18)15-16-9-7-6-8-10-16)32-24(35)17-11-20(37-3)23(39-5)21(12-17)38-4/h11-12,16H,6-10,13-15H2,1-5H3,(H,32,35). The predicted octanol–water partition coefficient (Wildman–Crippen LogP) is 4.81. The summed E-state index contributed by atoms with van der Waals surface area (Å²) >= 11 is 0. The lowest BCUT2D eigenvalue weighted by molar-refractivity contribution is -0.190. The number of ketones is 1. The number of Topliss-reactive ketones (excluding diaryl/α,β-unsaturated/α-hetero) is 1. The van der Waals surface area contributed by atoms with Crippen LogP contribution < -0.4 is 19.5 Å². The Labute approximate surface area is 225 Å². The van der Waals surface area contributed by atoms with Crippen molar-refractivity contribution in [1.82, 2.24) is 10.2 Å². The largest absolute Gasteiger partial charge is 0.493 e. The summed E-state index contributed by atoms with van der Waals surface area (Å²) in [5, 5.41) is 1.98. The highest BCUT2D eigenvalue weighted by Crippen LogP contribution is 2.52. The van der Waals surface area contributed by atoms with Gasteiger partial charge in [0.1, 0.15) is 0 Å². The number of nitrogens with zero attached hydrogens (tertiary/aromatic N) is 1. The summed E-state index contributed by atoms with van der Waals surface area (Å²) in [7, 11) is 3.96. The summed E-state index contributed by atoms with van der Waals surface area (Å²) < 4.78 is 61.1. The predicted molar refractivity (Wildman–Crippen MR) is 136 cm³/mol. The molecule has 1 N–H and O–H groups in total. The van der Waals surface area contributed by atoms with Crippen molar-refractivity contribution >= 4 is 17.6 Å². The van der Waals surface area contributed by atoms with Gasteiger partial charge < -0.3 is 24.4 Å². The number of carbonyl (C=O) groups is 3. The van der Waals surface area contributed by atoms with Crippen LogP contribution in [0.1, 0.15) is 69.2 Å². The molecule has 4 rings (SSSR count). The minimum absolute atomic E-state index is 0.0198. The molecule has 3 aliphatic rings. The zero-order valence-electron chi connectivity index (χ0n) is 22.9. The van der Waals surface area contributed by atoms with E-state index >= 15 is 13.2 Å². The van der Waals surface area contributed by atoms with Crippen LogP contribution in [0.2, 0.25) is 0 Å². The van der Waals surface area contributed by atoms with Crippen LogP contribution in [0.25, 0.3) is 0 Å². The summed E-state index contributed by atoms with van der Waals surface area (Å²) in [6.45, 7) is 3.67. The van der Waals surface area contributed by atoms with Gasteiger partial charge in [0.15, 0.2) is 17.3 Å². The lowest BCUT2D eigenvalue weighted by Gasteiger charge is -2.35. The van der Waals surface area contributed by atoms with E-state index in [0.717, 1.165) is 37.0 Å². The maximum absolute atomic E-state index is 15.1. The Hall–Kier alpha value is -3.24. The molecule has 1 fully saturated rings. The van der Waals surface area contributed by atoms with Gasteiger partial charge in [0.25, 0.3) is 11.8 Å².